The van der Waals surface area contributed by atoms with Crippen LogP contribution in [0, 0.1) is 0 Å². The molecule has 0 spiro atoms. The Balaban J connectivity index is 2.10. The molecule has 0 bridgehead atoms. The zero-order valence-electron chi connectivity index (χ0n) is 11.9. The third-order valence-corrected chi connectivity index (χ3v) is 4.36. The van der Waals surface area contributed by atoms with Crippen LogP contribution in [0.3, 0.4) is 0 Å². The molecular weight excluding hydrogens is 234 g/mol. The van der Waals surface area contributed by atoms with Crippen molar-refractivity contribution in [1.82, 2.24) is 14.9 Å². The largest absolute Gasteiger partial charge is 0.325 e. The number of imidazole rings is 1. The van der Waals surface area contributed by atoms with Crippen molar-refractivity contribution >= 4 is 11.0 Å². The van der Waals surface area contributed by atoms with Crippen molar-refractivity contribution in [2.45, 2.75) is 45.1 Å². The van der Waals surface area contributed by atoms with Gasteiger partial charge in [0.15, 0.2) is 0 Å². The van der Waals surface area contributed by atoms with E-state index in [9.17, 15) is 0 Å². The molecule has 0 amide bonds. The average molecular weight is 257 g/mol. The van der Waals surface area contributed by atoms with E-state index in [1.807, 2.05) is 0 Å². The summed E-state index contributed by atoms with van der Waals surface area (Å²) in [6.07, 6.45) is 3.57. The molecule has 3 nitrogen and oxygen atoms in total. The van der Waals surface area contributed by atoms with Crippen LogP contribution >= 0.6 is 0 Å². The predicted molar refractivity (Wildman–Crippen MR) is 79.6 cm³/mol. The Morgan fingerprint density at radius 1 is 1.32 bits per heavy atom. The number of rotatable bonds is 3. The molecule has 0 aliphatic carbocycles. The Morgan fingerprint density at radius 2 is 2.05 bits per heavy atom. The molecule has 1 N–H and O–H groups in total. The number of nitrogens with one attached hydrogen (secondary N) is 1. The summed E-state index contributed by atoms with van der Waals surface area (Å²) in [7, 11) is 0. The van der Waals surface area contributed by atoms with E-state index in [-0.39, 0.29) is 0 Å². The van der Waals surface area contributed by atoms with Crippen molar-refractivity contribution in [1.29, 1.82) is 0 Å². The highest BCUT2D eigenvalue weighted by Crippen LogP contribution is 2.31. The van der Waals surface area contributed by atoms with Gasteiger partial charge in [0.2, 0.25) is 0 Å². The summed E-state index contributed by atoms with van der Waals surface area (Å²) in [5.41, 5.74) is 2.45. The molecule has 0 radical (unpaired) electrons. The highest BCUT2D eigenvalue weighted by Gasteiger charge is 2.23. The van der Waals surface area contributed by atoms with Gasteiger partial charge < -0.3 is 9.88 Å². The van der Waals surface area contributed by atoms with E-state index in [1.54, 1.807) is 0 Å². The number of benzene rings is 1. The number of piperidine rings is 1. The molecule has 102 valence electrons. The van der Waals surface area contributed by atoms with E-state index in [2.05, 4.69) is 48.0 Å². The maximum atomic E-state index is 4.94. The molecule has 1 unspecified atom stereocenters. The Bertz CT molecular complexity index is 552. The lowest BCUT2D eigenvalue weighted by Crippen LogP contribution is -2.28. The molecule has 3 rings (SSSR count). The van der Waals surface area contributed by atoms with E-state index in [1.165, 1.54) is 24.2 Å². The molecule has 3 heteroatoms. The van der Waals surface area contributed by atoms with Gasteiger partial charge in [0.05, 0.1) is 11.0 Å². The van der Waals surface area contributed by atoms with E-state index < -0.39 is 0 Å². The third-order valence-electron chi connectivity index (χ3n) is 4.36. The van der Waals surface area contributed by atoms with E-state index in [4.69, 9.17) is 4.98 Å². The van der Waals surface area contributed by atoms with Crippen LogP contribution in [-0.4, -0.2) is 22.6 Å². The summed E-state index contributed by atoms with van der Waals surface area (Å²) >= 11 is 0. The second-order valence-electron chi connectivity index (χ2n) is 5.61. The SMILES string of the molecule is CCC(C)n1c(C2CCNCC2)nc2ccccc21. The van der Waals surface area contributed by atoms with E-state index >= 15 is 0 Å². The second-order valence-corrected chi connectivity index (χ2v) is 5.61. The van der Waals surface area contributed by atoms with Gasteiger partial charge >= 0.3 is 0 Å². The van der Waals surface area contributed by atoms with E-state index in [0.29, 0.717) is 12.0 Å². The summed E-state index contributed by atoms with van der Waals surface area (Å²) < 4.78 is 2.48. The lowest BCUT2D eigenvalue weighted by atomic mass is 9.97. The molecule has 1 aliphatic heterocycles. The normalized spacial score (nSPS) is 18.8. The van der Waals surface area contributed by atoms with Crippen LogP contribution in [0.15, 0.2) is 24.3 Å². The molecule has 19 heavy (non-hydrogen) atoms. The van der Waals surface area contributed by atoms with Crippen LogP contribution in [0.2, 0.25) is 0 Å². The lowest BCUT2D eigenvalue weighted by Gasteiger charge is -2.25. The van der Waals surface area contributed by atoms with Crippen molar-refractivity contribution in [2.75, 3.05) is 13.1 Å². The minimum Gasteiger partial charge on any atom is -0.325 e. The summed E-state index contributed by atoms with van der Waals surface area (Å²) in [5, 5.41) is 3.44. The van der Waals surface area contributed by atoms with Crippen molar-refractivity contribution in [3.63, 3.8) is 0 Å². The van der Waals surface area contributed by atoms with E-state index in [0.717, 1.165) is 25.0 Å². The minimum atomic E-state index is 0.525. The molecule has 1 aliphatic rings. The Labute approximate surface area is 115 Å². The van der Waals surface area contributed by atoms with Crippen molar-refractivity contribution < 1.29 is 0 Å². The predicted octanol–water partition coefficient (Wildman–Crippen LogP) is 3.47. The Kier molecular flexibility index (Phi) is 3.56. The average Bonchev–Trinajstić information content (AvgIpc) is 2.87. The fraction of sp³-hybridized carbons (Fsp3) is 0.562. The van der Waals surface area contributed by atoms with Gasteiger partial charge in [0, 0.05) is 12.0 Å². The molecule has 1 saturated heterocycles. The molecular formula is C16H23N3. The minimum absolute atomic E-state index is 0.525. The zero-order valence-corrected chi connectivity index (χ0v) is 11.9. The van der Waals surface area contributed by atoms with Crippen LogP contribution in [0.4, 0.5) is 0 Å². The van der Waals surface area contributed by atoms with Gasteiger partial charge in [-0.25, -0.2) is 4.98 Å². The van der Waals surface area contributed by atoms with Gasteiger partial charge in [-0.15, -0.1) is 0 Å². The quantitative estimate of drug-likeness (QED) is 0.912. The summed E-state index contributed by atoms with van der Waals surface area (Å²) in [4.78, 5) is 4.94. The number of hydrogen-bond donors (Lipinski definition) is 1. The van der Waals surface area contributed by atoms with Crippen molar-refractivity contribution in [2.24, 2.45) is 0 Å². The first-order chi connectivity index (χ1) is 9.31. The molecule has 0 saturated carbocycles. The Hall–Kier alpha value is -1.35. The molecule has 1 aromatic carbocycles. The first-order valence-electron chi connectivity index (χ1n) is 7.48. The summed E-state index contributed by atoms with van der Waals surface area (Å²) in [6.45, 7) is 6.80. The van der Waals surface area contributed by atoms with Gasteiger partial charge in [-0.1, -0.05) is 19.1 Å². The fourth-order valence-corrected chi connectivity index (χ4v) is 3.08. The van der Waals surface area contributed by atoms with Gasteiger partial charge in [-0.3, -0.25) is 0 Å². The van der Waals surface area contributed by atoms with Crippen LogP contribution in [-0.2, 0) is 0 Å². The van der Waals surface area contributed by atoms with Gasteiger partial charge in [0.1, 0.15) is 5.82 Å². The lowest BCUT2D eigenvalue weighted by molar-refractivity contribution is 0.414. The smallest absolute Gasteiger partial charge is 0.113 e. The summed E-state index contributed by atoms with van der Waals surface area (Å²) in [6, 6.07) is 9.08. The third kappa shape index (κ3) is 2.27. The maximum Gasteiger partial charge on any atom is 0.113 e. The number of nitrogens with zero attached hydrogens (tertiary/aromatic N) is 2. The highest BCUT2D eigenvalue weighted by molar-refractivity contribution is 5.76. The van der Waals surface area contributed by atoms with Crippen LogP contribution in [0.25, 0.3) is 11.0 Å². The maximum absolute atomic E-state index is 4.94. The fourth-order valence-electron chi connectivity index (χ4n) is 3.08. The number of aromatic nitrogens is 2. The zero-order chi connectivity index (χ0) is 13.2. The monoisotopic (exact) mass is 257 g/mol. The standard InChI is InChI=1S/C16H23N3/c1-3-12(2)19-15-7-5-4-6-14(15)18-16(19)13-8-10-17-11-9-13/h4-7,12-13,17H,3,8-11H2,1-2H3. The summed E-state index contributed by atoms with van der Waals surface area (Å²) in [5.74, 6) is 1.92. The van der Waals surface area contributed by atoms with Crippen LogP contribution < -0.4 is 5.32 Å². The first-order valence-corrected chi connectivity index (χ1v) is 7.48. The first kappa shape index (κ1) is 12.7. The molecule has 2 heterocycles. The van der Waals surface area contributed by atoms with Crippen LogP contribution in [0.1, 0.15) is 50.9 Å². The van der Waals surface area contributed by atoms with Crippen LogP contribution in [0.5, 0.6) is 0 Å². The number of para-hydroxylation sites is 2. The van der Waals surface area contributed by atoms with Gasteiger partial charge in [0.25, 0.3) is 0 Å². The van der Waals surface area contributed by atoms with Gasteiger partial charge in [-0.2, -0.15) is 0 Å². The Morgan fingerprint density at radius 3 is 2.79 bits per heavy atom. The molecule has 1 aromatic heterocycles. The topological polar surface area (TPSA) is 29.9 Å². The molecule has 2 aromatic rings. The number of hydrogen-bond acceptors (Lipinski definition) is 2. The number of fused-ring (bicyclic) bond motifs is 1. The van der Waals surface area contributed by atoms with Crippen molar-refractivity contribution in [3.05, 3.63) is 30.1 Å². The second kappa shape index (κ2) is 5.33. The highest BCUT2D eigenvalue weighted by atomic mass is 15.1. The van der Waals surface area contributed by atoms with Gasteiger partial charge in [-0.05, 0) is 51.4 Å². The molecule has 1 fully saturated rings. The molecule has 1 atom stereocenters. The van der Waals surface area contributed by atoms with Crippen molar-refractivity contribution in [3.8, 4) is 0 Å².